The van der Waals surface area contributed by atoms with Gasteiger partial charge in [0.2, 0.25) is 0 Å². The molecule has 0 heterocycles. The number of nitrogens with zero attached hydrogens (tertiary/aromatic N) is 2. The number of aryl methyl sites for hydroxylation is 1. The van der Waals surface area contributed by atoms with Crippen molar-refractivity contribution < 1.29 is 0 Å². The molecule has 4 N–H and O–H groups in total. The first-order chi connectivity index (χ1) is 7.69. The first-order valence-electron chi connectivity index (χ1n) is 5.24. The summed E-state index contributed by atoms with van der Waals surface area (Å²) in [4.78, 5) is 0. The van der Waals surface area contributed by atoms with Crippen LogP contribution in [0.25, 0.3) is 0 Å². The summed E-state index contributed by atoms with van der Waals surface area (Å²) in [6.45, 7) is 6.03. The van der Waals surface area contributed by atoms with E-state index in [1.807, 2.05) is 32.9 Å². The van der Waals surface area contributed by atoms with Crippen LogP contribution in [0.5, 0.6) is 0 Å². The molecular weight excluding hydrogens is 224 g/mol. The van der Waals surface area contributed by atoms with Crippen molar-refractivity contribution in [3.8, 4) is 0 Å². The maximum Gasteiger partial charge on any atom is 0.129 e. The number of rotatable bonds is 3. The second kappa shape index (κ2) is 7.96. The highest BCUT2D eigenvalue weighted by molar-refractivity contribution is 6.31. The molecule has 0 saturated heterocycles. The van der Waals surface area contributed by atoms with Gasteiger partial charge < -0.3 is 5.84 Å². The second-order valence-electron chi connectivity index (χ2n) is 2.80. The van der Waals surface area contributed by atoms with Crippen LogP contribution in [-0.2, 0) is 6.42 Å². The van der Waals surface area contributed by atoms with Crippen molar-refractivity contribution in [2.24, 2.45) is 16.8 Å². The highest BCUT2D eigenvalue weighted by Crippen LogP contribution is 2.21. The van der Waals surface area contributed by atoms with Crippen LogP contribution in [0.1, 0.15) is 26.3 Å². The van der Waals surface area contributed by atoms with E-state index in [1.54, 1.807) is 6.07 Å². The van der Waals surface area contributed by atoms with E-state index >= 15 is 0 Å². The zero-order valence-electron chi connectivity index (χ0n) is 9.94. The minimum absolute atomic E-state index is 0.745. The maximum atomic E-state index is 5.96. The number of benzene rings is 1. The Kier molecular flexibility index (Phi) is 7.33. The highest BCUT2D eigenvalue weighted by Gasteiger charge is 2.02. The Hall–Kier alpha value is -1.26. The lowest BCUT2D eigenvalue weighted by atomic mass is 10.1. The van der Waals surface area contributed by atoms with Gasteiger partial charge in [0.15, 0.2) is 0 Å². The molecule has 0 aliphatic heterocycles. The van der Waals surface area contributed by atoms with Gasteiger partial charge >= 0.3 is 0 Å². The fourth-order valence-electron chi connectivity index (χ4n) is 1.13. The molecule has 1 aromatic carbocycles. The van der Waals surface area contributed by atoms with E-state index in [0.717, 1.165) is 22.7 Å². The van der Waals surface area contributed by atoms with Gasteiger partial charge in [-0.1, -0.05) is 32.4 Å². The molecule has 0 amide bonds. The fraction of sp³-hybridized carbons (Fsp3) is 0.364. The molecule has 5 heteroatoms. The molecule has 0 aliphatic carbocycles. The third-order valence-electron chi connectivity index (χ3n) is 1.90. The van der Waals surface area contributed by atoms with E-state index in [1.165, 1.54) is 11.3 Å². The van der Waals surface area contributed by atoms with Gasteiger partial charge in [0.1, 0.15) is 6.34 Å². The Morgan fingerprint density at radius 1 is 1.44 bits per heavy atom. The standard InChI is InChI=1S/C9H13ClN4.C2H6/c1-2-7-5-8(3-4-9(7)10)14(12)6-13-11;1-2/h3-6H,2,11-12H2,1H3;1-2H3/b13-6-;. The summed E-state index contributed by atoms with van der Waals surface area (Å²) in [6, 6.07) is 5.52. The molecule has 90 valence electrons. The predicted molar refractivity (Wildman–Crippen MR) is 71.5 cm³/mol. The van der Waals surface area contributed by atoms with Crippen molar-refractivity contribution in [1.82, 2.24) is 0 Å². The van der Waals surface area contributed by atoms with Gasteiger partial charge in [-0.3, -0.25) is 5.01 Å². The first kappa shape index (κ1) is 14.7. The zero-order valence-corrected chi connectivity index (χ0v) is 10.7. The van der Waals surface area contributed by atoms with Gasteiger partial charge in [-0.2, -0.15) is 5.10 Å². The van der Waals surface area contributed by atoms with Gasteiger partial charge in [-0.05, 0) is 30.2 Å². The molecule has 0 unspecified atom stereocenters. The van der Waals surface area contributed by atoms with Gasteiger partial charge in [0.25, 0.3) is 0 Å². The summed E-state index contributed by atoms with van der Waals surface area (Å²) in [5.74, 6) is 10.6. The lowest BCUT2D eigenvalue weighted by molar-refractivity contribution is 1.10. The number of halogens is 1. The number of anilines is 1. The quantitative estimate of drug-likeness (QED) is 0.370. The Balaban J connectivity index is 0.00000106. The molecule has 1 rings (SSSR count). The normalized spacial score (nSPS) is 9.81. The molecule has 0 radical (unpaired) electrons. The fourth-order valence-corrected chi connectivity index (χ4v) is 1.38. The van der Waals surface area contributed by atoms with Crippen molar-refractivity contribution in [1.29, 1.82) is 0 Å². The van der Waals surface area contributed by atoms with Gasteiger partial charge in [0, 0.05) is 5.02 Å². The van der Waals surface area contributed by atoms with Gasteiger partial charge in [-0.25, -0.2) is 5.84 Å². The van der Waals surface area contributed by atoms with Crippen LogP contribution in [0.15, 0.2) is 23.3 Å². The SMILES string of the molecule is CC.CCc1cc(N(N)/C=N\N)ccc1Cl. The van der Waals surface area contributed by atoms with E-state index < -0.39 is 0 Å². The monoisotopic (exact) mass is 242 g/mol. The van der Waals surface area contributed by atoms with Crippen molar-refractivity contribution in [3.05, 3.63) is 28.8 Å². The zero-order chi connectivity index (χ0) is 12.6. The van der Waals surface area contributed by atoms with Crippen molar-refractivity contribution in [3.63, 3.8) is 0 Å². The van der Waals surface area contributed by atoms with E-state index in [9.17, 15) is 0 Å². The average molecular weight is 243 g/mol. The Bertz CT molecular complexity index is 339. The van der Waals surface area contributed by atoms with Crippen molar-refractivity contribution >= 4 is 23.6 Å². The molecule has 0 saturated carbocycles. The number of hydrogen-bond donors (Lipinski definition) is 2. The van der Waals surface area contributed by atoms with Crippen LogP contribution in [0, 0.1) is 0 Å². The predicted octanol–water partition coefficient (Wildman–Crippen LogP) is 2.51. The van der Waals surface area contributed by atoms with Crippen molar-refractivity contribution in [2.45, 2.75) is 27.2 Å². The topological polar surface area (TPSA) is 67.6 Å². The molecule has 1 aromatic rings. The van der Waals surface area contributed by atoms with E-state index in [0.29, 0.717) is 0 Å². The van der Waals surface area contributed by atoms with Crippen LogP contribution in [0.2, 0.25) is 5.02 Å². The number of hydrogen-bond acceptors (Lipinski definition) is 3. The summed E-state index contributed by atoms with van der Waals surface area (Å²) < 4.78 is 0. The van der Waals surface area contributed by atoms with E-state index in [-0.39, 0.29) is 0 Å². The summed E-state index contributed by atoms with van der Waals surface area (Å²) in [7, 11) is 0. The first-order valence-corrected chi connectivity index (χ1v) is 5.62. The molecule has 16 heavy (non-hydrogen) atoms. The van der Waals surface area contributed by atoms with Crippen LogP contribution < -0.4 is 16.7 Å². The second-order valence-corrected chi connectivity index (χ2v) is 3.21. The highest BCUT2D eigenvalue weighted by atomic mass is 35.5. The Labute approximate surface area is 102 Å². The lowest BCUT2D eigenvalue weighted by Gasteiger charge is -2.13. The summed E-state index contributed by atoms with van der Waals surface area (Å²) in [5, 5.41) is 5.42. The number of hydrazone groups is 1. The molecule has 0 aromatic heterocycles. The van der Waals surface area contributed by atoms with Crippen LogP contribution >= 0.6 is 11.6 Å². The number of hydrazine groups is 1. The smallest absolute Gasteiger partial charge is 0.129 e. The lowest BCUT2D eigenvalue weighted by Crippen LogP contribution is -2.29. The summed E-state index contributed by atoms with van der Waals surface area (Å²) in [5.41, 5.74) is 1.85. The van der Waals surface area contributed by atoms with E-state index in [2.05, 4.69) is 5.10 Å². The van der Waals surface area contributed by atoms with E-state index in [4.69, 9.17) is 23.3 Å². The minimum atomic E-state index is 0.745. The van der Waals surface area contributed by atoms with Crippen LogP contribution in [0.3, 0.4) is 0 Å². The number of nitrogens with two attached hydrogens (primary N) is 2. The summed E-state index contributed by atoms with van der Waals surface area (Å²) in [6.07, 6.45) is 2.20. The van der Waals surface area contributed by atoms with Crippen molar-refractivity contribution in [2.75, 3.05) is 5.01 Å². The largest absolute Gasteiger partial charge is 0.322 e. The third-order valence-corrected chi connectivity index (χ3v) is 2.27. The molecular formula is C11H19ClN4. The van der Waals surface area contributed by atoms with Crippen LogP contribution in [-0.4, -0.2) is 6.34 Å². The molecule has 4 nitrogen and oxygen atoms in total. The maximum absolute atomic E-state index is 5.96. The van der Waals surface area contributed by atoms with Crippen LogP contribution in [0.4, 0.5) is 5.69 Å². The molecule has 0 fully saturated rings. The van der Waals surface area contributed by atoms with Gasteiger partial charge in [-0.15, -0.1) is 0 Å². The minimum Gasteiger partial charge on any atom is -0.322 e. The molecule has 0 atom stereocenters. The Morgan fingerprint density at radius 2 is 2.06 bits per heavy atom. The molecule has 0 spiro atoms. The average Bonchev–Trinajstić information content (AvgIpc) is 2.32. The van der Waals surface area contributed by atoms with Gasteiger partial charge in [0.05, 0.1) is 5.69 Å². The summed E-state index contributed by atoms with van der Waals surface area (Å²) >= 11 is 5.96. The third kappa shape index (κ3) is 4.08. The Morgan fingerprint density at radius 3 is 2.56 bits per heavy atom. The molecule has 0 bridgehead atoms. The molecule has 0 aliphatic rings.